The number of ether oxygens (including phenoxy) is 1. The highest BCUT2D eigenvalue weighted by atomic mass is 79.9. The summed E-state index contributed by atoms with van der Waals surface area (Å²) in [7, 11) is 1.28. The van der Waals surface area contributed by atoms with Gasteiger partial charge < -0.3 is 9.72 Å². The molecule has 2 aromatic carbocycles. The number of para-hydroxylation sites is 2. The third kappa shape index (κ3) is 3.18. The first-order valence-corrected chi connectivity index (χ1v) is 10.8. The van der Waals surface area contributed by atoms with E-state index in [4.69, 9.17) is 4.74 Å². The maximum Gasteiger partial charge on any atom is 0.339 e. The Balaban J connectivity index is 1.46. The second-order valence-electron chi connectivity index (χ2n) is 7.76. The summed E-state index contributed by atoms with van der Waals surface area (Å²) in [6.07, 6.45) is 0.864. The molecule has 31 heavy (non-hydrogen) atoms. The van der Waals surface area contributed by atoms with Crippen molar-refractivity contribution in [3.05, 3.63) is 63.8 Å². The number of anilines is 1. The van der Waals surface area contributed by atoms with Crippen molar-refractivity contribution in [3.8, 4) is 0 Å². The Morgan fingerprint density at radius 3 is 2.77 bits per heavy atom. The van der Waals surface area contributed by atoms with Gasteiger partial charge in [-0.2, -0.15) is 0 Å². The van der Waals surface area contributed by atoms with E-state index in [1.807, 2.05) is 12.1 Å². The highest BCUT2D eigenvalue weighted by Gasteiger charge is 2.44. The fourth-order valence-corrected chi connectivity index (χ4v) is 5.06. The lowest BCUT2D eigenvalue weighted by Gasteiger charge is -2.31. The fourth-order valence-electron chi connectivity index (χ4n) is 4.59. The van der Waals surface area contributed by atoms with Gasteiger partial charge in [-0.25, -0.2) is 9.69 Å². The molecule has 0 aliphatic carbocycles. The quantitative estimate of drug-likeness (QED) is 0.457. The molecule has 0 radical (unpaired) electrons. The van der Waals surface area contributed by atoms with Gasteiger partial charge in [0.05, 0.1) is 36.3 Å². The van der Waals surface area contributed by atoms with E-state index in [0.717, 1.165) is 32.3 Å². The van der Waals surface area contributed by atoms with Crippen molar-refractivity contribution < 1.29 is 19.1 Å². The van der Waals surface area contributed by atoms with Crippen LogP contribution in [0.3, 0.4) is 0 Å². The smallest absolute Gasteiger partial charge is 0.339 e. The van der Waals surface area contributed by atoms with E-state index in [9.17, 15) is 14.4 Å². The molecular weight excluding hydrogens is 462 g/mol. The highest BCUT2D eigenvalue weighted by Crippen LogP contribution is 2.35. The summed E-state index contributed by atoms with van der Waals surface area (Å²) < 4.78 is 5.83. The van der Waals surface area contributed by atoms with Crippen LogP contribution in [0, 0.1) is 0 Å². The summed E-state index contributed by atoms with van der Waals surface area (Å²) in [5.41, 5.74) is 3.87. The minimum absolute atomic E-state index is 0.0930. The van der Waals surface area contributed by atoms with E-state index >= 15 is 0 Å². The largest absolute Gasteiger partial charge is 0.465 e. The number of amides is 2. The number of carbonyl (C=O) groups is 3. The molecule has 1 saturated heterocycles. The monoisotopic (exact) mass is 481 g/mol. The van der Waals surface area contributed by atoms with Crippen LogP contribution in [0.1, 0.15) is 28.0 Å². The SMILES string of the molecule is COC(=O)c1ccccc1N1C(=O)C[C@@H](N2CCc3[nH]c4c(Br)cccc4c3C2)C1=O. The number of fused-ring (bicyclic) bond motifs is 3. The molecule has 0 saturated carbocycles. The normalized spacial score (nSPS) is 19.2. The lowest BCUT2D eigenvalue weighted by atomic mass is 10.0. The predicted octanol–water partition coefficient (Wildman–Crippen LogP) is 3.41. The van der Waals surface area contributed by atoms with Gasteiger partial charge in [0.2, 0.25) is 5.91 Å². The molecule has 1 atom stereocenters. The van der Waals surface area contributed by atoms with Gasteiger partial charge in [0.1, 0.15) is 0 Å². The molecule has 7 nitrogen and oxygen atoms in total. The molecule has 0 spiro atoms. The van der Waals surface area contributed by atoms with E-state index in [-0.39, 0.29) is 29.5 Å². The van der Waals surface area contributed by atoms with Crippen LogP contribution in [-0.4, -0.2) is 47.4 Å². The minimum atomic E-state index is -0.577. The van der Waals surface area contributed by atoms with Crippen LogP contribution in [0.2, 0.25) is 0 Å². The van der Waals surface area contributed by atoms with Crippen molar-refractivity contribution in [2.45, 2.75) is 25.4 Å². The van der Waals surface area contributed by atoms with Gasteiger partial charge in [0.25, 0.3) is 5.91 Å². The number of halogens is 1. The first-order valence-electron chi connectivity index (χ1n) is 10.1. The number of rotatable bonds is 3. The molecule has 2 aliphatic heterocycles. The van der Waals surface area contributed by atoms with E-state index in [1.54, 1.807) is 24.3 Å². The zero-order chi connectivity index (χ0) is 21.7. The van der Waals surface area contributed by atoms with Crippen LogP contribution >= 0.6 is 15.9 Å². The van der Waals surface area contributed by atoms with Crippen LogP contribution in [0.15, 0.2) is 46.9 Å². The number of hydrogen-bond donors (Lipinski definition) is 1. The Morgan fingerprint density at radius 1 is 1.16 bits per heavy atom. The molecule has 2 aliphatic rings. The lowest BCUT2D eigenvalue weighted by molar-refractivity contribution is -0.123. The van der Waals surface area contributed by atoms with Gasteiger partial charge >= 0.3 is 5.97 Å². The van der Waals surface area contributed by atoms with Gasteiger partial charge in [0, 0.05) is 35.1 Å². The van der Waals surface area contributed by atoms with Gasteiger partial charge in [-0.1, -0.05) is 24.3 Å². The average molecular weight is 482 g/mol. The van der Waals surface area contributed by atoms with E-state index < -0.39 is 12.0 Å². The molecule has 1 aromatic heterocycles. The second kappa shape index (κ2) is 7.62. The molecule has 8 heteroatoms. The number of carbonyl (C=O) groups excluding carboxylic acids is 3. The minimum Gasteiger partial charge on any atom is -0.465 e. The number of imide groups is 1. The number of esters is 1. The highest BCUT2D eigenvalue weighted by molar-refractivity contribution is 9.10. The van der Waals surface area contributed by atoms with Gasteiger partial charge in [0.15, 0.2) is 0 Å². The number of methoxy groups -OCH3 is 1. The lowest BCUT2D eigenvalue weighted by Crippen LogP contribution is -2.44. The molecule has 1 fully saturated rings. The molecule has 158 valence electrons. The summed E-state index contributed by atoms with van der Waals surface area (Å²) in [5.74, 6) is -1.18. The Kier molecular flexibility index (Phi) is 4.91. The van der Waals surface area contributed by atoms with Crippen molar-refractivity contribution in [2.24, 2.45) is 0 Å². The van der Waals surface area contributed by atoms with Crippen molar-refractivity contribution >= 4 is 50.3 Å². The molecule has 2 amide bonds. The number of H-pyrrole nitrogens is 1. The van der Waals surface area contributed by atoms with Crippen LogP contribution in [0.25, 0.3) is 10.9 Å². The van der Waals surface area contributed by atoms with Crippen LogP contribution in [0.4, 0.5) is 5.69 Å². The van der Waals surface area contributed by atoms with Crippen molar-refractivity contribution in [1.29, 1.82) is 0 Å². The summed E-state index contributed by atoms with van der Waals surface area (Å²) in [6, 6.07) is 12.1. The summed E-state index contributed by atoms with van der Waals surface area (Å²) >= 11 is 3.59. The third-order valence-corrected chi connectivity index (χ3v) is 6.76. The molecule has 3 heterocycles. The van der Waals surface area contributed by atoms with Crippen LogP contribution in [0.5, 0.6) is 0 Å². The fraction of sp³-hybridized carbons (Fsp3) is 0.261. The number of nitrogens with zero attached hydrogens (tertiary/aromatic N) is 2. The summed E-state index contributed by atoms with van der Waals surface area (Å²) in [6.45, 7) is 1.26. The second-order valence-corrected chi connectivity index (χ2v) is 8.62. The number of benzene rings is 2. The first kappa shape index (κ1) is 20.0. The predicted molar refractivity (Wildman–Crippen MR) is 119 cm³/mol. The summed E-state index contributed by atoms with van der Waals surface area (Å²) in [5, 5.41) is 1.12. The van der Waals surface area contributed by atoms with Crippen molar-refractivity contribution in [3.63, 3.8) is 0 Å². The molecule has 1 N–H and O–H groups in total. The van der Waals surface area contributed by atoms with Gasteiger partial charge in [-0.05, 0) is 39.7 Å². The number of hydrogen-bond acceptors (Lipinski definition) is 5. The summed E-state index contributed by atoms with van der Waals surface area (Å²) in [4.78, 5) is 45.1. The Hall–Kier alpha value is -2.97. The van der Waals surface area contributed by atoms with E-state index in [2.05, 4.69) is 31.9 Å². The first-order chi connectivity index (χ1) is 15.0. The maximum atomic E-state index is 13.3. The van der Waals surface area contributed by atoms with E-state index in [0.29, 0.717) is 13.1 Å². The zero-order valence-corrected chi connectivity index (χ0v) is 18.4. The molecule has 0 bridgehead atoms. The van der Waals surface area contributed by atoms with Gasteiger partial charge in [-0.15, -0.1) is 0 Å². The topological polar surface area (TPSA) is 82.7 Å². The van der Waals surface area contributed by atoms with Crippen molar-refractivity contribution in [1.82, 2.24) is 9.88 Å². The zero-order valence-electron chi connectivity index (χ0n) is 16.9. The number of aromatic nitrogens is 1. The Bertz CT molecular complexity index is 1230. The van der Waals surface area contributed by atoms with Crippen molar-refractivity contribution in [2.75, 3.05) is 18.6 Å². The van der Waals surface area contributed by atoms with Gasteiger partial charge in [-0.3, -0.25) is 14.5 Å². The standard InChI is InChI=1S/C23H20BrN3O4/c1-31-23(30)14-5-2-3-8-18(14)27-20(28)11-19(22(27)29)26-10-9-17-15(12-26)13-6-4-7-16(24)21(13)25-17/h2-8,19,25H,9-12H2,1H3/t19-/m1/s1. The Morgan fingerprint density at radius 2 is 1.97 bits per heavy atom. The molecular formula is C23H20BrN3O4. The number of nitrogens with one attached hydrogen (secondary N) is 1. The van der Waals surface area contributed by atoms with E-state index in [1.165, 1.54) is 12.8 Å². The molecule has 3 aromatic rings. The number of aromatic amines is 1. The third-order valence-electron chi connectivity index (χ3n) is 6.10. The van der Waals surface area contributed by atoms with Crippen LogP contribution in [-0.2, 0) is 27.3 Å². The molecule has 5 rings (SSSR count). The maximum absolute atomic E-state index is 13.3. The molecule has 0 unspecified atom stereocenters. The van der Waals surface area contributed by atoms with Crippen LogP contribution < -0.4 is 4.90 Å². The Labute approximate surface area is 187 Å². The average Bonchev–Trinajstić information content (AvgIpc) is 3.30.